The molecule has 2 fully saturated rings. The Morgan fingerprint density at radius 3 is 2.00 bits per heavy atom. The maximum atomic E-state index is 13.2. The first kappa shape index (κ1) is 33.2. The third-order valence-electron chi connectivity index (χ3n) is 6.21. The summed E-state index contributed by atoms with van der Waals surface area (Å²) in [5, 5.41) is 80.9. The highest BCUT2D eigenvalue weighted by Crippen LogP contribution is 2.34. The fraction of sp³-hybridized carbons (Fsp3) is 0.682. The highest BCUT2D eigenvalue weighted by molar-refractivity contribution is 5.70. The van der Waals surface area contributed by atoms with Gasteiger partial charge in [-0.05, 0) is 19.1 Å². The summed E-state index contributed by atoms with van der Waals surface area (Å²) >= 11 is 0. The van der Waals surface area contributed by atoms with E-state index in [1.165, 1.54) is 19.1 Å². The Balaban J connectivity index is 0.000000673. The molecule has 0 radical (unpaired) electrons. The quantitative estimate of drug-likeness (QED) is 0.143. The van der Waals surface area contributed by atoms with E-state index >= 15 is 0 Å². The molecule has 1 aromatic rings. The first-order valence-electron chi connectivity index (χ1n) is 11.5. The third kappa shape index (κ3) is 8.24. The zero-order valence-electron chi connectivity index (χ0n) is 20.4. The van der Waals surface area contributed by atoms with Crippen molar-refractivity contribution >= 4 is 5.97 Å². The highest BCUT2D eigenvalue weighted by atomic mass is 19.4. The van der Waals surface area contributed by atoms with Crippen LogP contribution in [0.5, 0.6) is 0 Å². The summed E-state index contributed by atoms with van der Waals surface area (Å²) in [7, 11) is 0. The summed E-state index contributed by atoms with van der Waals surface area (Å²) in [4.78, 5) is 8.78. The maximum Gasteiger partial charge on any atom is 0.430 e. The molecule has 2 aliphatic heterocycles. The van der Waals surface area contributed by atoms with Crippen molar-refractivity contribution in [2.24, 2.45) is 0 Å². The number of carbonyl (C=O) groups is 1. The van der Waals surface area contributed by atoms with Gasteiger partial charge in [0.25, 0.3) is 0 Å². The molecular weight excluding hydrogens is 546 g/mol. The molecule has 9 N–H and O–H groups in total. The molecule has 2 heterocycles. The number of quaternary nitrogens is 1. The summed E-state index contributed by atoms with van der Waals surface area (Å²) in [5.41, 5.74) is 0.704. The number of hydrogen-bond acceptors (Lipinski definition) is 12. The van der Waals surface area contributed by atoms with E-state index in [-0.39, 0.29) is 6.54 Å². The van der Waals surface area contributed by atoms with E-state index in [2.05, 4.69) is 0 Å². The van der Waals surface area contributed by atoms with Crippen LogP contribution in [-0.2, 0) is 25.5 Å². The Morgan fingerprint density at radius 1 is 1.00 bits per heavy atom. The fourth-order valence-electron chi connectivity index (χ4n) is 3.98. The SMILES string of the molecule is C[C@]1(O[C@H]2O[C@H](CO)[C@@H](O)[C@H](O)[C@H]2[NH2+]Cc2ccc(F)cc2)O[C@H](CO)[C@@H](O)[C@H](O)[C@H]1O.O=C([O-])C(F)(F)F. The molecule has 39 heavy (non-hydrogen) atoms. The number of nitrogens with two attached hydrogens (primary N) is 1. The van der Waals surface area contributed by atoms with Crippen molar-refractivity contribution in [2.75, 3.05) is 13.2 Å². The van der Waals surface area contributed by atoms with E-state index in [1.807, 2.05) is 0 Å². The van der Waals surface area contributed by atoms with Gasteiger partial charge in [-0.2, -0.15) is 13.2 Å². The molecule has 0 aliphatic carbocycles. The first-order chi connectivity index (χ1) is 18.0. The van der Waals surface area contributed by atoms with Crippen LogP contribution < -0.4 is 10.4 Å². The smallest absolute Gasteiger partial charge is 0.430 e. The Bertz CT molecular complexity index is 923. The number of halogens is 4. The third-order valence-corrected chi connectivity index (χ3v) is 6.21. The van der Waals surface area contributed by atoms with E-state index in [4.69, 9.17) is 24.1 Å². The molecule has 0 bridgehead atoms. The highest BCUT2D eigenvalue weighted by Gasteiger charge is 2.56. The lowest BCUT2D eigenvalue weighted by molar-refractivity contribution is -0.734. The molecular formula is C22H31F4NO12. The van der Waals surface area contributed by atoms with E-state index in [0.717, 1.165) is 0 Å². The summed E-state index contributed by atoms with van der Waals surface area (Å²) in [6.45, 7) is 0.198. The molecule has 0 saturated carbocycles. The molecule has 0 unspecified atom stereocenters. The number of hydrogen-bond donors (Lipinski definition) is 8. The number of carbonyl (C=O) groups excluding carboxylic acids is 1. The van der Waals surface area contributed by atoms with Crippen molar-refractivity contribution in [3.05, 3.63) is 35.6 Å². The lowest BCUT2D eigenvalue weighted by atomic mass is 9.92. The molecule has 0 spiro atoms. The van der Waals surface area contributed by atoms with Gasteiger partial charge in [0.15, 0.2) is 11.8 Å². The number of benzene rings is 1. The van der Waals surface area contributed by atoms with E-state index in [9.17, 15) is 53.3 Å². The van der Waals surface area contributed by atoms with Gasteiger partial charge < -0.3 is 65.2 Å². The molecule has 224 valence electrons. The Hall–Kier alpha value is -2.03. The van der Waals surface area contributed by atoms with Gasteiger partial charge in [-0.1, -0.05) is 12.1 Å². The number of carboxylic acid groups (broad SMARTS) is 1. The lowest BCUT2D eigenvalue weighted by Crippen LogP contribution is -2.96. The molecule has 1 aromatic carbocycles. The normalized spacial score (nSPS) is 37.1. The largest absolute Gasteiger partial charge is 0.542 e. The van der Waals surface area contributed by atoms with Gasteiger partial charge in [-0.15, -0.1) is 0 Å². The Morgan fingerprint density at radius 2 is 1.51 bits per heavy atom. The Kier molecular flexibility index (Phi) is 11.5. The molecule has 2 saturated heterocycles. The van der Waals surface area contributed by atoms with Crippen LogP contribution >= 0.6 is 0 Å². The van der Waals surface area contributed by atoms with Crippen molar-refractivity contribution in [2.45, 2.75) is 80.5 Å². The molecule has 2 aliphatic rings. The molecule has 0 aromatic heterocycles. The van der Waals surface area contributed by atoms with Gasteiger partial charge in [0.1, 0.15) is 61.1 Å². The van der Waals surface area contributed by atoms with Crippen molar-refractivity contribution in [1.29, 1.82) is 0 Å². The second-order valence-corrected chi connectivity index (χ2v) is 9.03. The number of aliphatic hydroxyl groups excluding tert-OH is 7. The van der Waals surface area contributed by atoms with Gasteiger partial charge in [-0.3, -0.25) is 0 Å². The number of aliphatic carboxylic acids is 1. The van der Waals surface area contributed by atoms with Gasteiger partial charge >= 0.3 is 6.18 Å². The average molecular weight is 577 g/mol. The van der Waals surface area contributed by atoms with Gasteiger partial charge in [0.05, 0.1) is 13.2 Å². The second kappa shape index (κ2) is 13.6. The van der Waals surface area contributed by atoms with Crippen molar-refractivity contribution < 1.29 is 82.7 Å². The molecule has 0 amide bonds. The van der Waals surface area contributed by atoms with Crippen LogP contribution in [0, 0.1) is 5.82 Å². The van der Waals surface area contributed by atoms with Crippen molar-refractivity contribution in [3.8, 4) is 0 Å². The van der Waals surface area contributed by atoms with Crippen LogP contribution in [0.1, 0.15) is 12.5 Å². The van der Waals surface area contributed by atoms with Gasteiger partial charge in [0, 0.05) is 5.56 Å². The van der Waals surface area contributed by atoms with E-state index < -0.39 is 92.0 Å². The second-order valence-electron chi connectivity index (χ2n) is 9.03. The van der Waals surface area contributed by atoms with Crippen molar-refractivity contribution in [1.82, 2.24) is 0 Å². The minimum atomic E-state index is -5.19. The number of ether oxygens (including phenoxy) is 3. The van der Waals surface area contributed by atoms with Crippen LogP contribution in [-0.4, -0.2) is 122 Å². The maximum absolute atomic E-state index is 13.2. The molecule has 13 nitrogen and oxygen atoms in total. The predicted octanol–water partition coefficient (Wildman–Crippen LogP) is -4.80. The van der Waals surface area contributed by atoms with Gasteiger partial charge in [0.2, 0.25) is 6.29 Å². The Labute approximate surface area is 218 Å². The van der Waals surface area contributed by atoms with E-state index in [0.29, 0.717) is 5.56 Å². The minimum absolute atomic E-state index is 0.239. The monoisotopic (exact) mass is 577 g/mol. The average Bonchev–Trinajstić information content (AvgIpc) is 2.87. The van der Waals surface area contributed by atoms with Crippen molar-refractivity contribution in [3.63, 3.8) is 0 Å². The van der Waals surface area contributed by atoms with Crippen LogP contribution in [0.15, 0.2) is 24.3 Å². The van der Waals surface area contributed by atoms with E-state index in [1.54, 1.807) is 17.4 Å². The zero-order chi connectivity index (χ0) is 29.7. The number of alkyl halides is 3. The van der Waals surface area contributed by atoms with Crippen LogP contribution in [0.3, 0.4) is 0 Å². The predicted molar refractivity (Wildman–Crippen MR) is 114 cm³/mol. The summed E-state index contributed by atoms with van der Waals surface area (Å²) in [5.74, 6) is -5.39. The van der Waals surface area contributed by atoms with Crippen LogP contribution in [0.4, 0.5) is 17.6 Å². The summed E-state index contributed by atoms with van der Waals surface area (Å²) in [6, 6.07) is 4.66. The molecule has 10 atom stereocenters. The molecule has 17 heteroatoms. The first-order valence-corrected chi connectivity index (χ1v) is 11.5. The fourth-order valence-corrected chi connectivity index (χ4v) is 3.98. The van der Waals surface area contributed by atoms with Crippen LogP contribution in [0.25, 0.3) is 0 Å². The number of carboxylic acids is 1. The van der Waals surface area contributed by atoms with Crippen LogP contribution in [0.2, 0.25) is 0 Å². The molecule has 3 rings (SSSR count). The zero-order valence-corrected chi connectivity index (χ0v) is 20.4. The standard InChI is InChI=1S/C20H30FNO10.C2HF3O2/c1-20(18(29)17(28)15(26)12(8-24)31-20)32-19-13(16(27)14(25)11(7-23)30-19)22-6-9-2-4-10(21)5-3-9;3-2(4,5)1(6)7/h2-5,11-19,22-29H,6-8H2,1H3;(H,6,7)/t11-,12-,13-,14-,15-,16-,17+,18-,19-,20-;/m1./s1. The summed E-state index contributed by atoms with van der Waals surface area (Å²) < 4.78 is 61.6. The number of aliphatic hydroxyl groups is 7. The van der Waals surface area contributed by atoms with Gasteiger partial charge in [-0.25, -0.2) is 4.39 Å². The topological polar surface area (TPSA) is 226 Å². The summed E-state index contributed by atoms with van der Waals surface area (Å²) in [6.07, 6.45) is -16.9. The number of rotatable bonds is 7. The lowest BCUT2D eigenvalue weighted by Gasteiger charge is -2.49. The minimum Gasteiger partial charge on any atom is -0.542 e.